The Morgan fingerprint density at radius 1 is 0.375 bits per heavy atom. The quantitative estimate of drug-likeness (QED) is 0.0267. The molecule has 0 saturated heterocycles. The molecule has 0 aliphatic rings. The Balaban J connectivity index is 4.46. The summed E-state index contributed by atoms with van der Waals surface area (Å²) in [5.41, 5.74) is 0. The van der Waals surface area contributed by atoms with Crippen molar-refractivity contribution in [1.29, 1.82) is 0 Å². The molecule has 0 N–H and O–H groups in total. The van der Waals surface area contributed by atoms with E-state index in [-0.39, 0.29) is 37.5 Å². The van der Waals surface area contributed by atoms with Crippen LogP contribution in [0.3, 0.4) is 0 Å². The van der Waals surface area contributed by atoms with Crippen molar-refractivity contribution in [3.63, 3.8) is 0 Å². The molecule has 56 heavy (non-hydrogen) atoms. The summed E-state index contributed by atoms with van der Waals surface area (Å²) in [7, 11) is 0. The molecule has 0 saturated carbocycles. The standard InChI is InChI=1S/C50H84O6/c1-4-7-10-13-16-19-21-23-24-25-27-28-31-34-37-40-43-49(52)55-46-47(45-54-48(51)42-39-36-33-30-18-15-12-9-6-3)56-50(53)44-41-38-35-32-29-26-22-20-17-14-11-8-5-2/h8,11,14,17,20,22,24-29,47H,4-7,9-10,12-13,15-16,18-19,21,23,30-46H2,1-3H3/b11-8-,17-14-,22-20-,25-24-,28-27-,29-26-. The van der Waals surface area contributed by atoms with E-state index in [1.807, 2.05) is 36.5 Å². The maximum absolute atomic E-state index is 12.7. The first-order chi connectivity index (χ1) is 27.5. The highest BCUT2D eigenvalue weighted by atomic mass is 16.6. The fourth-order valence-electron chi connectivity index (χ4n) is 6.09. The van der Waals surface area contributed by atoms with Crippen molar-refractivity contribution in [2.45, 2.75) is 213 Å². The van der Waals surface area contributed by atoms with Gasteiger partial charge in [-0.15, -0.1) is 0 Å². The number of carbonyl (C=O) groups excluding carboxylic acids is 3. The Morgan fingerprint density at radius 3 is 1.12 bits per heavy atom. The van der Waals surface area contributed by atoms with Gasteiger partial charge in [-0.1, -0.05) is 196 Å². The van der Waals surface area contributed by atoms with Crippen LogP contribution in [0.4, 0.5) is 0 Å². The van der Waals surface area contributed by atoms with Gasteiger partial charge in [0.15, 0.2) is 6.10 Å². The summed E-state index contributed by atoms with van der Waals surface area (Å²) in [5.74, 6) is -0.974. The second-order valence-electron chi connectivity index (χ2n) is 15.1. The number of unbranched alkanes of at least 4 members (excludes halogenated alkanes) is 21. The van der Waals surface area contributed by atoms with Crippen molar-refractivity contribution in [2.24, 2.45) is 0 Å². The number of hydrogen-bond acceptors (Lipinski definition) is 6. The minimum atomic E-state index is -0.802. The molecule has 0 aromatic heterocycles. The van der Waals surface area contributed by atoms with Crippen LogP contribution in [0.25, 0.3) is 0 Å². The van der Waals surface area contributed by atoms with E-state index >= 15 is 0 Å². The lowest BCUT2D eigenvalue weighted by atomic mass is 10.1. The molecule has 1 atom stereocenters. The van der Waals surface area contributed by atoms with Gasteiger partial charge in [-0.05, 0) is 64.2 Å². The van der Waals surface area contributed by atoms with Gasteiger partial charge in [0.2, 0.25) is 0 Å². The molecule has 0 aromatic carbocycles. The summed E-state index contributed by atoms with van der Waals surface area (Å²) in [6.07, 6.45) is 54.6. The van der Waals surface area contributed by atoms with E-state index in [0.29, 0.717) is 19.3 Å². The molecular weight excluding hydrogens is 697 g/mol. The Kier molecular flexibility index (Phi) is 42.1. The van der Waals surface area contributed by atoms with E-state index in [9.17, 15) is 14.4 Å². The summed E-state index contributed by atoms with van der Waals surface area (Å²) in [4.78, 5) is 37.7. The van der Waals surface area contributed by atoms with Gasteiger partial charge in [0.25, 0.3) is 0 Å². The Bertz CT molecular complexity index is 1080. The average Bonchev–Trinajstić information content (AvgIpc) is 3.19. The van der Waals surface area contributed by atoms with Gasteiger partial charge in [0, 0.05) is 19.3 Å². The van der Waals surface area contributed by atoms with Gasteiger partial charge in [-0.25, -0.2) is 0 Å². The molecule has 0 aliphatic heterocycles. The number of esters is 3. The molecule has 0 amide bonds. The molecule has 1 unspecified atom stereocenters. The summed E-state index contributed by atoms with van der Waals surface area (Å²) in [5, 5.41) is 0. The monoisotopic (exact) mass is 781 g/mol. The van der Waals surface area contributed by atoms with E-state index in [4.69, 9.17) is 14.2 Å². The van der Waals surface area contributed by atoms with Crippen LogP contribution >= 0.6 is 0 Å². The molecule has 6 heteroatoms. The zero-order valence-electron chi connectivity index (χ0n) is 36.4. The van der Waals surface area contributed by atoms with Gasteiger partial charge < -0.3 is 14.2 Å². The van der Waals surface area contributed by atoms with Gasteiger partial charge in [0.05, 0.1) is 0 Å². The van der Waals surface area contributed by atoms with Crippen LogP contribution in [0.2, 0.25) is 0 Å². The second kappa shape index (κ2) is 44.6. The average molecular weight is 781 g/mol. The van der Waals surface area contributed by atoms with Crippen molar-refractivity contribution >= 4 is 17.9 Å². The van der Waals surface area contributed by atoms with Crippen LogP contribution in [0.15, 0.2) is 72.9 Å². The summed E-state index contributed by atoms with van der Waals surface area (Å²) in [6.45, 7) is 6.39. The number of allylic oxidation sites excluding steroid dienone is 12. The Morgan fingerprint density at radius 2 is 0.696 bits per heavy atom. The van der Waals surface area contributed by atoms with Crippen LogP contribution < -0.4 is 0 Å². The van der Waals surface area contributed by atoms with E-state index in [1.165, 1.54) is 83.5 Å². The number of rotatable bonds is 40. The number of carbonyl (C=O) groups is 3. The minimum absolute atomic E-state index is 0.0997. The molecule has 0 rings (SSSR count). The van der Waals surface area contributed by atoms with Crippen molar-refractivity contribution in [1.82, 2.24) is 0 Å². The molecular formula is C50H84O6. The van der Waals surface area contributed by atoms with Gasteiger partial charge in [-0.3, -0.25) is 14.4 Å². The smallest absolute Gasteiger partial charge is 0.306 e. The van der Waals surface area contributed by atoms with Crippen LogP contribution in [0.5, 0.6) is 0 Å². The first kappa shape index (κ1) is 52.9. The first-order valence-electron chi connectivity index (χ1n) is 23.0. The summed E-state index contributed by atoms with van der Waals surface area (Å²) in [6, 6.07) is 0. The molecule has 320 valence electrons. The zero-order valence-corrected chi connectivity index (χ0v) is 36.4. The molecule has 0 bridgehead atoms. The van der Waals surface area contributed by atoms with Crippen LogP contribution in [0, 0.1) is 0 Å². The van der Waals surface area contributed by atoms with Crippen LogP contribution in [-0.2, 0) is 28.6 Å². The molecule has 0 aromatic rings. The highest BCUT2D eigenvalue weighted by molar-refractivity contribution is 5.71. The lowest BCUT2D eigenvalue weighted by Gasteiger charge is -2.18. The Hall–Kier alpha value is -3.15. The fraction of sp³-hybridized carbons (Fsp3) is 0.700. The molecule has 0 fully saturated rings. The topological polar surface area (TPSA) is 78.9 Å². The molecule has 0 radical (unpaired) electrons. The lowest BCUT2D eigenvalue weighted by Crippen LogP contribution is -2.30. The molecule has 6 nitrogen and oxygen atoms in total. The van der Waals surface area contributed by atoms with Gasteiger partial charge in [0.1, 0.15) is 13.2 Å². The highest BCUT2D eigenvalue weighted by Crippen LogP contribution is 2.13. The number of hydrogen-bond donors (Lipinski definition) is 0. The third-order valence-electron chi connectivity index (χ3n) is 9.57. The van der Waals surface area contributed by atoms with Crippen molar-refractivity contribution in [3.8, 4) is 0 Å². The van der Waals surface area contributed by atoms with Crippen molar-refractivity contribution in [2.75, 3.05) is 13.2 Å². The van der Waals surface area contributed by atoms with Gasteiger partial charge in [-0.2, -0.15) is 0 Å². The third kappa shape index (κ3) is 42.0. The van der Waals surface area contributed by atoms with Crippen LogP contribution in [-0.4, -0.2) is 37.2 Å². The predicted octanol–water partition coefficient (Wildman–Crippen LogP) is 14.7. The first-order valence-corrected chi connectivity index (χ1v) is 23.0. The molecule has 0 spiro atoms. The van der Waals surface area contributed by atoms with E-state index in [2.05, 4.69) is 57.2 Å². The van der Waals surface area contributed by atoms with Crippen molar-refractivity contribution < 1.29 is 28.6 Å². The van der Waals surface area contributed by atoms with Gasteiger partial charge >= 0.3 is 17.9 Å². The summed E-state index contributed by atoms with van der Waals surface area (Å²) >= 11 is 0. The maximum atomic E-state index is 12.7. The minimum Gasteiger partial charge on any atom is -0.462 e. The Labute approximate surface area is 344 Å². The SMILES string of the molecule is CC\C=C/C=C\C=C/C=C\CCCCCC(=O)OC(COC(=O)CCCCC/C=C\C=C/CCCCCCCCC)COC(=O)CCCCCCCCCCC. The second-order valence-corrected chi connectivity index (χ2v) is 15.1. The zero-order chi connectivity index (χ0) is 40.8. The molecule has 0 aliphatic carbocycles. The van der Waals surface area contributed by atoms with E-state index in [1.54, 1.807) is 0 Å². The normalized spacial score (nSPS) is 12.7. The van der Waals surface area contributed by atoms with E-state index < -0.39 is 6.10 Å². The lowest BCUT2D eigenvalue weighted by molar-refractivity contribution is -0.167. The van der Waals surface area contributed by atoms with E-state index in [0.717, 1.165) is 77.0 Å². The predicted molar refractivity (Wildman–Crippen MR) is 238 cm³/mol. The highest BCUT2D eigenvalue weighted by Gasteiger charge is 2.19. The fourth-order valence-corrected chi connectivity index (χ4v) is 6.09. The van der Waals surface area contributed by atoms with Crippen LogP contribution in [0.1, 0.15) is 207 Å². The third-order valence-corrected chi connectivity index (χ3v) is 9.57. The molecule has 0 heterocycles. The maximum Gasteiger partial charge on any atom is 0.306 e. The largest absolute Gasteiger partial charge is 0.462 e. The van der Waals surface area contributed by atoms with Crippen molar-refractivity contribution in [3.05, 3.63) is 72.9 Å². The number of ether oxygens (including phenoxy) is 3. The summed E-state index contributed by atoms with van der Waals surface area (Å²) < 4.78 is 16.6.